The van der Waals surface area contributed by atoms with Crippen LogP contribution in [0, 0.1) is 5.92 Å². The lowest BCUT2D eigenvalue weighted by Crippen LogP contribution is -2.57. The molecular weight excluding hydrogens is 458 g/mol. The molecule has 2 bridgehead atoms. The van der Waals surface area contributed by atoms with Crippen LogP contribution in [0.4, 0.5) is 8.78 Å². The predicted octanol–water partition coefficient (Wildman–Crippen LogP) is 0.0591. The molecule has 4 heterocycles. The fraction of sp³-hybridized carbons (Fsp3) is 0.619. The van der Waals surface area contributed by atoms with Crippen LogP contribution in [0.1, 0.15) is 24.8 Å². The Morgan fingerprint density at radius 1 is 1.21 bits per heavy atom. The van der Waals surface area contributed by atoms with E-state index >= 15 is 0 Å². The number of hydrogen-bond acceptors (Lipinski definition) is 6. The maximum Gasteiger partial charge on any atom is 0.331 e. The Kier molecular flexibility index (Phi) is 5.02. The summed E-state index contributed by atoms with van der Waals surface area (Å²) in [6.45, 7) is -0.729. The van der Waals surface area contributed by atoms with Gasteiger partial charge in [0, 0.05) is 27.1 Å². The van der Waals surface area contributed by atoms with Crippen molar-refractivity contribution in [1.82, 2.24) is 18.9 Å². The summed E-state index contributed by atoms with van der Waals surface area (Å²) < 4.78 is 29.7. The van der Waals surface area contributed by atoms with Crippen LogP contribution in [-0.4, -0.2) is 73.1 Å². The van der Waals surface area contributed by atoms with Gasteiger partial charge in [0.15, 0.2) is 0 Å². The second kappa shape index (κ2) is 7.45. The number of halogens is 2. The smallest absolute Gasteiger partial charge is 0.331 e. The van der Waals surface area contributed by atoms with E-state index in [1.807, 2.05) is 0 Å². The third kappa shape index (κ3) is 3.33. The van der Waals surface area contributed by atoms with E-state index < -0.39 is 60.1 Å². The van der Waals surface area contributed by atoms with Gasteiger partial charge in [0.05, 0.1) is 30.5 Å². The van der Waals surface area contributed by atoms with Crippen molar-refractivity contribution in [3.05, 3.63) is 31.8 Å². The van der Waals surface area contributed by atoms with Gasteiger partial charge in [-0.1, -0.05) is 0 Å². The van der Waals surface area contributed by atoms with Gasteiger partial charge in [-0.05, 0) is 29.7 Å². The summed E-state index contributed by atoms with van der Waals surface area (Å²) in [5.41, 5.74) is -0.542. The van der Waals surface area contributed by atoms with Crippen molar-refractivity contribution < 1.29 is 23.5 Å². The lowest BCUT2D eigenvalue weighted by Gasteiger charge is -2.38. The van der Waals surface area contributed by atoms with Gasteiger partial charge in [0.2, 0.25) is 11.8 Å². The second-order valence-corrected chi connectivity index (χ2v) is 10.2. The monoisotopic (exact) mass is 482 g/mol. The number of hydrogen-bond donors (Lipinski definition) is 1. The van der Waals surface area contributed by atoms with Crippen LogP contribution in [0.15, 0.2) is 15.0 Å². The van der Waals surface area contributed by atoms with Crippen LogP contribution in [-0.2, 0) is 30.1 Å². The number of likely N-dealkylation sites (tertiary alicyclic amines) is 2. The minimum Gasteiger partial charge on any atom is -0.391 e. The zero-order chi connectivity index (χ0) is 23.8. The normalized spacial score (nSPS) is 28.3. The van der Waals surface area contributed by atoms with Crippen molar-refractivity contribution in [2.45, 2.75) is 49.8 Å². The molecule has 2 aromatic heterocycles. The van der Waals surface area contributed by atoms with Gasteiger partial charge in [-0.2, -0.15) is 0 Å². The Morgan fingerprint density at radius 3 is 2.61 bits per heavy atom. The second-order valence-electron chi connectivity index (χ2n) is 9.30. The Morgan fingerprint density at radius 2 is 1.94 bits per heavy atom. The predicted molar refractivity (Wildman–Crippen MR) is 115 cm³/mol. The van der Waals surface area contributed by atoms with Gasteiger partial charge in [0.25, 0.3) is 11.5 Å². The van der Waals surface area contributed by atoms with Gasteiger partial charge < -0.3 is 14.9 Å². The van der Waals surface area contributed by atoms with Crippen LogP contribution < -0.4 is 11.2 Å². The Bertz CT molecular complexity index is 1280. The molecule has 0 aromatic carbocycles. The Labute approximate surface area is 190 Å². The molecule has 2 unspecified atom stereocenters. The molecule has 3 fully saturated rings. The molecule has 5 rings (SSSR count). The number of piperidine rings is 1. The SMILES string of the molecule is Cn1c(=O)c2c(CC(=O)N3C4CC(C[C@H]4O)[C@@H]3C(=O)N3CCC(F)(F)C3)csc2n(C)c1=O. The van der Waals surface area contributed by atoms with E-state index in [0.717, 1.165) is 9.47 Å². The number of alkyl halides is 2. The number of thiophene rings is 1. The van der Waals surface area contributed by atoms with E-state index in [-0.39, 0.29) is 24.3 Å². The van der Waals surface area contributed by atoms with E-state index in [1.54, 1.807) is 12.4 Å². The first-order chi connectivity index (χ1) is 15.5. The van der Waals surface area contributed by atoms with Crippen molar-refractivity contribution >= 4 is 33.4 Å². The molecule has 2 amide bonds. The Hall–Kier alpha value is -2.60. The first-order valence-electron chi connectivity index (χ1n) is 10.8. The summed E-state index contributed by atoms with van der Waals surface area (Å²) in [6.07, 6.45) is -0.591. The average molecular weight is 483 g/mol. The molecule has 0 spiro atoms. The summed E-state index contributed by atoms with van der Waals surface area (Å²) in [6, 6.07) is -1.45. The number of amides is 2. The number of carbonyl (C=O) groups excluding carboxylic acids is 2. The molecule has 9 nitrogen and oxygen atoms in total. The molecule has 0 radical (unpaired) electrons. The number of nitrogens with zero attached hydrogens (tertiary/aromatic N) is 4. The van der Waals surface area contributed by atoms with E-state index in [1.165, 1.54) is 27.9 Å². The third-order valence-electron chi connectivity index (χ3n) is 7.24. The van der Waals surface area contributed by atoms with Crippen LogP contribution in [0.2, 0.25) is 0 Å². The summed E-state index contributed by atoms with van der Waals surface area (Å²) in [7, 11) is 2.91. The van der Waals surface area contributed by atoms with Gasteiger partial charge in [-0.25, -0.2) is 13.6 Å². The number of aromatic nitrogens is 2. The lowest BCUT2D eigenvalue weighted by atomic mass is 9.95. The summed E-state index contributed by atoms with van der Waals surface area (Å²) in [5, 5.41) is 12.3. The number of fused-ring (bicyclic) bond motifs is 3. The van der Waals surface area contributed by atoms with Crippen molar-refractivity contribution in [1.29, 1.82) is 0 Å². The molecular formula is C21H24F2N4O5S. The molecule has 178 valence electrons. The van der Waals surface area contributed by atoms with E-state index in [4.69, 9.17) is 0 Å². The molecule has 3 aliphatic rings. The molecule has 2 saturated heterocycles. The molecule has 1 aliphatic carbocycles. The molecule has 4 atom stereocenters. The fourth-order valence-electron chi connectivity index (χ4n) is 5.60. The van der Waals surface area contributed by atoms with Crippen LogP contribution in [0.25, 0.3) is 10.2 Å². The number of aliphatic hydroxyl groups is 1. The topological polar surface area (TPSA) is 105 Å². The maximum absolute atomic E-state index is 13.7. The first kappa shape index (κ1) is 22.2. The maximum atomic E-state index is 13.7. The van der Waals surface area contributed by atoms with E-state index in [0.29, 0.717) is 23.2 Å². The number of aryl methyl sites for hydroxylation is 1. The van der Waals surface area contributed by atoms with Gasteiger partial charge in [0.1, 0.15) is 10.9 Å². The van der Waals surface area contributed by atoms with Crippen molar-refractivity contribution in [2.75, 3.05) is 13.1 Å². The Balaban J connectivity index is 1.47. The van der Waals surface area contributed by atoms with Crippen molar-refractivity contribution in [3.63, 3.8) is 0 Å². The molecule has 2 aromatic rings. The number of carbonyl (C=O) groups is 2. The van der Waals surface area contributed by atoms with Gasteiger partial charge in [-0.3, -0.25) is 23.5 Å². The standard InChI is InChI=1S/C21H24F2N4O5S/c1-24-17(30)15-11(8-33-19(15)25(2)20(24)32)7-14(29)27-12-5-10(6-13(12)28)16(27)18(31)26-4-3-21(22,23)9-26/h8,10,12-13,16,28H,3-7,9H2,1-2H3/t10?,12?,13-,16-/m1/s1. The van der Waals surface area contributed by atoms with Crippen molar-refractivity contribution in [3.8, 4) is 0 Å². The van der Waals surface area contributed by atoms with Crippen LogP contribution >= 0.6 is 11.3 Å². The van der Waals surface area contributed by atoms with E-state index in [2.05, 4.69) is 0 Å². The summed E-state index contributed by atoms with van der Waals surface area (Å²) in [5.74, 6) is -4.18. The number of aliphatic hydroxyl groups excluding tert-OH is 1. The molecule has 12 heteroatoms. The third-order valence-corrected chi connectivity index (χ3v) is 8.35. The van der Waals surface area contributed by atoms with Gasteiger partial charge in [-0.15, -0.1) is 11.3 Å². The van der Waals surface area contributed by atoms with Gasteiger partial charge >= 0.3 is 5.69 Å². The zero-order valence-corrected chi connectivity index (χ0v) is 19.0. The largest absolute Gasteiger partial charge is 0.391 e. The average Bonchev–Trinajstić information content (AvgIpc) is 3.51. The number of rotatable bonds is 3. The molecule has 1 saturated carbocycles. The lowest BCUT2D eigenvalue weighted by molar-refractivity contribution is -0.150. The minimum absolute atomic E-state index is 0.0659. The first-order valence-corrected chi connectivity index (χ1v) is 11.7. The molecule has 33 heavy (non-hydrogen) atoms. The van der Waals surface area contributed by atoms with E-state index in [9.17, 15) is 33.1 Å². The minimum atomic E-state index is -2.94. The highest BCUT2D eigenvalue weighted by Crippen LogP contribution is 2.44. The highest BCUT2D eigenvalue weighted by Gasteiger charge is 2.57. The molecule has 2 aliphatic heterocycles. The van der Waals surface area contributed by atoms with Crippen LogP contribution in [0.3, 0.4) is 0 Å². The highest BCUT2D eigenvalue weighted by atomic mass is 32.1. The summed E-state index contributed by atoms with van der Waals surface area (Å²) in [4.78, 5) is 54.4. The molecule has 1 N–H and O–H groups in total. The van der Waals surface area contributed by atoms with Crippen LogP contribution in [0.5, 0.6) is 0 Å². The zero-order valence-electron chi connectivity index (χ0n) is 18.2. The highest BCUT2D eigenvalue weighted by molar-refractivity contribution is 7.17. The summed E-state index contributed by atoms with van der Waals surface area (Å²) >= 11 is 1.18. The fourth-order valence-corrected chi connectivity index (χ4v) is 6.63. The quantitative estimate of drug-likeness (QED) is 0.666. The van der Waals surface area contributed by atoms with Crippen molar-refractivity contribution in [2.24, 2.45) is 20.0 Å².